The van der Waals surface area contributed by atoms with Crippen LogP contribution in [0.15, 0.2) is 30.3 Å². The Morgan fingerprint density at radius 3 is 1.55 bits per heavy atom. The van der Waals surface area contributed by atoms with E-state index in [1.165, 1.54) is 96.3 Å². The molecule has 3 nitrogen and oxygen atoms in total. The molecule has 3 heteroatoms. The second kappa shape index (κ2) is 19.0. The van der Waals surface area contributed by atoms with Crippen LogP contribution >= 0.6 is 0 Å². The van der Waals surface area contributed by atoms with Gasteiger partial charge in [0.05, 0.1) is 12.0 Å². The molecular formula is C30H52O3. The fraction of sp³-hybridized carbons (Fsp3) is 0.767. The van der Waals surface area contributed by atoms with Crippen molar-refractivity contribution >= 4 is 5.97 Å². The van der Waals surface area contributed by atoms with Gasteiger partial charge in [-0.15, -0.1) is 0 Å². The van der Waals surface area contributed by atoms with E-state index in [9.17, 15) is 4.79 Å². The smallest absolute Gasteiger partial charge is 0.313 e. The molecule has 0 aliphatic carbocycles. The summed E-state index contributed by atoms with van der Waals surface area (Å²) in [6.45, 7) is 8.51. The number of esters is 1. The van der Waals surface area contributed by atoms with Gasteiger partial charge in [0.15, 0.2) is 0 Å². The van der Waals surface area contributed by atoms with Crippen molar-refractivity contribution in [2.24, 2.45) is 5.41 Å². The molecule has 0 N–H and O–H groups in total. The van der Waals surface area contributed by atoms with Crippen LogP contribution in [0.5, 0.6) is 0 Å². The maximum Gasteiger partial charge on any atom is 0.313 e. The van der Waals surface area contributed by atoms with Crippen LogP contribution in [0.1, 0.15) is 142 Å². The fourth-order valence-electron chi connectivity index (χ4n) is 3.92. The van der Waals surface area contributed by atoms with Gasteiger partial charge >= 0.3 is 5.97 Å². The number of unbranched alkanes of at least 4 members (excludes halogenated alkanes) is 15. The molecule has 1 unspecified atom stereocenters. The van der Waals surface area contributed by atoms with Gasteiger partial charge in [0.1, 0.15) is 0 Å². The maximum absolute atomic E-state index is 12.3. The standard InChI is InChI=1S/C30H52O3/c1-5-6-7-8-9-10-11-12-13-14-15-16-17-18-19-23-26-32-28(27-24-21-20-22-25-27)33-29(31)30(2,3)4/h20-22,24-25,28H,5-19,23,26H2,1-4H3. The molecular weight excluding hydrogens is 408 g/mol. The van der Waals surface area contributed by atoms with Gasteiger partial charge in [0.25, 0.3) is 0 Å². The molecule has 1 atom stereocenters. The number of benzene rings is 1. The van der Waals surface area contributed by atoms with Crippen molar-refractivity contribution in [1.29, 1.82) is 0 Å². The normalized spacial score (nSPS) is 12.6. The van der Waals surface area contributed by atoms with Gasteiger partial charge in [0, 0.05) is 5.56 Å². The van der Waals surface area contributed by atoms with E-state index in [1.54, 1.807) is 0 Å². The van der Waals surface area contributed by atoms with Crippen molar-refractivity contribution in [2.45, 2.75) is 137 Å². The minimum absolute atomic E-state index is 0.233. The molecule has 0 bridgehead atoms. The molecule has 0 fully saturated rings. The Kier molecular flexibility index (Phi) is 17.1. The quantitative estimate of drug-likeness (QED) is 0.110. The number of hydrogen-bond donors (Lipinski definition) is 0. The van der Waals surface area contributed by atoms with Gasteiger partial charge < -0.3 is 9.47 Å². The second-order valence-corrected chi connectivity index (χ2v) is 10.6. The Bertz CT molecular complexity index is 576. The van der Waals surface area contributed by atoms with Gasteiger partial charge in [-0.05, 0) is 27.2 Å². The molecule has 0 aliphatic rings. The van der Waals surface area contributed by atoms with E-state index in [-0.39, 0.29) is 5.97 Å². The molecule has 0 heterocycles. The first-order valence-corrected chi connectivity index (χ1v) is 13.8. The van der Waals surface area contributed by atoms with E-state index in [0.29, 0.717) is 6.61 Å². The van der Waals surface area contributed by atoms with E-state index < -0.39 is 11.7 Å². The Labute approximate surface area is 205 Å². The molecule has 0 radical (unpaired) electrons. The van der Waals surface area contributed by atoms with Crippen molar-refractivity contribution in [2.75, 3.05) is 6.61 Å². The second-order valence-electron chi connectivity index (χ2n) is 10.6. The molecule has 0 saturated heterocycles. The number of hydrogen-bond acceptors (Lipinski definition) is 3. The minimum atomic E-state index is -0.616. The third kappa shape index (κ3) is 16.0. The summed E-state index contributed by atoms with van der Waals surface area (Å²) in [5, 5.41) is 0. The van der Waals surface area contributed by atoms with Crippen LogP contribution in [0.3, 0.4) is 0 Å². The molecule has 190 valence electrons. The Balaban J connectivity index is 2.03. The molecule has 0 aliphatic heterocycles. The van der Waals surface area contributed by atoms with E-state index in [1.807, 2.05) is 51.1 Å². The number of carbonyl (C=O) groups excluding carboxylic acids is 1. The van der Waals surface area contributed by atoms with E-state index in [0.717, 1.165) is 12.0 Å². The molecule has 1 rings (SSSR count). The summed E-state index contributed by atoms with van der Waals surface area (Å²) in [7, 11) is 0. The predicted octanol–water partition coefficient (Wildman–Crippen LogP) is 9.55. The fourth-order valence-corrected chi connectivity index (χ4v) is 3.92. The van der Waals surface area contributed by atoms with Crippen LogP contribution in [0.25, 0.3) is 0 Å². The van der Waals surface area contributed by atoms with Crippen LogP contribution < -0.4 is 0 Å². The van der Waals surface area contributed by atoms with Gasteiger partial charge in [-0.2, -0.15) is 0 Å². The summed E-state index contributed by atoms with van der Waals surface area (Å²) in [5.74, 6) is -0.233. The maximum atomic E-state index is 12.3. The molecule has 1 aromatic carbocycles. The molecule has 0 aromatic heterocycles. The summed E-state index contributed by atoms with van der Waals surface area (Å²) in [6, 6.07) is 9.76. The summed E-state index contributed by atoms with van der Waals surface area (Å²) in [4.78, 5) is 12.3. The lowest BCUT2D eigenvalue weighted by molar-refractivity contribution is -0.190. The number of ether oxygens (including phenoxy) is 2. The Morgan fingerprint density at radius 1 is 0.697 bits per heavy atom. The zero-order valence-corrected chi connectivity index (χ0v) is 22.2. The highest BCUT2D eigenvalue weighted by Crippen LogP contribution is 2.25. The molecule has 1 aromatic rings. The monoisotopic (exact) mass is 460 g/mol. The van der Waals surface area contributed by atoms with E-state index in [4.69, 9.17) is 9.47 Å². The van der Waals surface area contributed by atoms with Crippen molar-refractivity contribution in [3.63, 3.8) is 0 Å². The molecule has 33 heavy (non-hydrogen) atoms. The number of rotatable bonds is 20. The van der Waals surface area contributed by atoms with Gasteiger partial charge in [0.2, 0.25) is 6.29 Å². The zero-order chi connectivity index (χ0) is 24.2. The largest absolute Gasteiger partial charge is 0.431 e. The average molecular weight is 461 g/mol. The van der Waals surface area contributed by atoms with Crippen LogP contribution in [0, 0.1) is 5.41 Å². The highest BCUT2D eigenvalue weighted by molar-refractivity contribution is 5.75. The third-order valence-corrected chi connectivity index (χ3v) is 6.17. The first-order valence-electron chi connectivity index (χ1n) is 13.8. The van der Waals surface area contributed by atoms with Crippen molar-refractivity contribution in [3.8, 4) is 0 Å². The third-order valence-electron chi connectivity index (χ3n) is 6.17. The topological polar surface area (TPSA) is 35.5 Å². The predicted molar refractivity (Wildman–Crippen MR) is 140 cm³/mol. The van der Waals surface area contributed by atoms with Gasteiger partial charge in [-0.1, -0.05) is 134 Å². The molecule has 0 spiro atoms. The first kappa shape index (κ1) is 29.7. The van der Waals surface area contributed by atoms with Gasteiger partial charge in [-0.25, -0.2) is 0 Å². The molecule has 0 saturated carbocycles. The van der Waals surface area contributed by atoms with Crippen molar-refractivity contribution in [1.82, 2.24) is 0 Å². The zero-order valence-electron chi connectivity index (χ0n) is 22.2. The van der Waals surface area contributed by atoms with Gasteiger partial charge in [-0.3, -0.25) is 4.79 Å². The van der Waals surface area contributed by atoms with E-state index >= 15 is 0 Å². The summed E-state index contributed by atoms with van der Waals surface area (Å²) < 4.78 is 11.6. The van der Waals surface area contributed by atoms with E-state index in [2.05, 4.69) is 6.92 Å². The number of carbonyl (C=O) groups is 1. The lowest BCUT2D eigenvalue weighted by atomic mass is 9.97. The highest BCUT2D eigenvalue weighted by atomic mass is 16.7. The van der Waals surface area contributed by atoms with Crippen LogP contribution in [0.4, 0.5) is 0 Å². The Hall–Kier alpha value is -1.35. The van der Waals surface area contributed by atoms with Crippen LogP contribution in [-0.4, -0.2) is 12.6 Å². The Morgan fingerprint density at radius 2 is 1.12 bits per heavy atom. The average Bonchev–Trinajstić information content (AvgIpc) is 2.80. The lowest BCUT2D eigenvalue weighted by Gasteiger charge is -2.23. The van der Waals surface area contributed by atoms with Crippen molar-refractivity contribution in [3.05, 3.63) is 35.9 Å². The molecule has 0 amide bonds. The summed E-state index contributed by atoms with van der Waals surface area (Å²) in [5.41, 5.74) is 0.358. The summed E-state index contributed by atoms with van der Waals surface area (Å²) in [6.07, 6.45) is 21.1. The first-order chi connectivity index (χ1) is 15.9. The SMILES string of the molecule is CCCCCCCCCCCCCCCCCCOC(OC(=O)C(C)(C)C)c1ccccc1. The lowest BCUT2D eigenvalue weighted by Crippen LogP contribution is -2.26. The van der Waals surface area contributed by atoms with Crippen molar-refractivity contribution < 1.29 is 14.3 Å². The highest BCUT2D eigenvalue weighted by Gasteiger charge is 2.27. The van der Waals surface area contributed by atoms with Crippen LogP contribution in [0.2, 0.25) is 0 Å². The minimum Gasteiger partial charge on any atom is -0.431 e. The summed E-state index contributed by atoms with van der Waals surface area (Å²) >= 11 is 0. The van der Waals surface area contributed by atoms with Crippen LogP contribution in [-0.2, 0) is 14.3 Å².